The highest BCUT2D eigenvalue weighted by Crippen LogP contribution is 2.28. The van der Waals surface area contributed by atoms with E-state index in [2.05, 4.69) is 54.9 Å². The van der Waals surface area contributed by atoms with E-state index in [1.807, 2.05) is 5.38 Å². The van der Waals surface area contributed by atoms with Gasteiger partial charge >= 0.3 is 0 Å². The SMILES string of the molecule is CCN(Cc1ccccc1-c1nc(CCl)cs1)CC(C)C. The van der Waals surface area contributed by atoms with Crippen LogP contribution in [-0.2, 0) is 12.4 Å². The molecule has 0 aliphatic rings. The van der Waals surface area contributed by atoms with Gasteiger partial charge in [-0.05, 0) is 18.0 Å². The van der Waals surface area contributed by atoms with Crippen LogP contribution in [0.3, 0.4) is 0 Å². The predicted octanol–water partition coefficient (Wildman–Crippen LogP) is 5.03. The average molecular weight is 323 g/mol. The van der Waals surface area contributed by atoms with Crippen molar-refractivity contribution in [3.63, 3.8) is 0 Å². The first-order chi connectivity index (χ1) is 10.1. The molecule has 0 bridgehead atoms. The molecule has 1 aromatic heterocycles. The zero-order valence-electron chi connectivity index (χ0n) is 13.0. The summed E-state index contributed by atoms with van der Waals surface area (Å²) in [6.07, 6.45) is 0. The third-order valence-electron chi connectivity index (χ3n) is 3.40. The van der Waals surface area contributed by atoms with Gasteiger partial charge in [0.25, 0.3) is 0 Å². The fraction of sp³-hybridized carbons (Fsp3) is 0.471. The van der Waals surface area contributed by atoms with Crippen LogP contribution in [0.5, 0.6) is 0 Å². The van der Waals surface area contributed by atoms with Gasteiger partial charge in [-0.1, -0.05) is 45.0 Å². The number of aromatic nitrogens is 1. The lowest BCUT2D eigenvalue weighted by Gasteiger charge is -2.23. The molecule has 0 fully saturated rings. The van der Waals surface area contributed by atoms with E-state index in [-0.39, 0.29) is 0 Å². The zero-order chi connectivity index (χ0) is 15.2. The summed E-state index contributed by atoms with van der Waals surface area (Å²) in [5, 5.41) is 3.12. The van der Waals surface area contributed by atoms with Crippen LogP contribution >= 0.6 is 22.9 Å². The number of alkyl halides is 1. The molecule has 21 heavy (non-hydrogen) atoms. The van der Waals surface area contributed by atoms with Crippen LogP contribution in [0.1, 0.15) is 32.0 Å². The molecule has 0 amide bonds. The van der Waals surface area contributed by atoms with Gasteiger partial charge in [0.15, 0.2) is 0 Å². The summed E-state index contributed by atoms with van der Waals surface area (Å²) in [6.45, 7) is 9.91. The van der Waals surface area contributed by atoms with E-state index in [9.17, 15) is 0 Å². The fourth-order valence-corrected chi connectivity index (χ4v) is 3.53. The van der Waals surface area contributed by atoms with Gasteiger partial charge < -0.3 is 0 Å². The highest BCUT2D eigenvalue weighted by molar-refractivity contribution is 7.13. The number of nitrogens with zero attached hydrogens (tertiary/aromatic N) is 2. The summed E-state index contributed by atoms with van der Waals surface area (Å²) in [5.74, 6) is 1.16. The molecule has 0 aliphatic heterocycles. The lowest BCUT2D eigenvalue weighted by atomic mass is 10.1. The van der Waals surface area contributed by atoms with Crippen molar-refractivity contribution in [2.45, 2.75) is 33.2 Å². The van der Waals surface area contributed by atoms with E-state index in [0.717, 1.165) is 30.3 Å². The third-order valence-corrected chi connectivity index (χ3v) is 4.60. The molecule has 114 valence electrons. The standard InChI is InChI=1S/C17H23ClN2S/c1-4-20(10-13(2)3)11-14-7-5-6-8-16(14)17-19-15(9-18)12-21-17/h5-8,12-13H,4,9-11H2,1-3H3. The number of halogens is 1. The second-order valence-corrected chi connectivity index (χ2v) is 6.78. The van der Waals surface area contributed by atoms with Gasteiger partial charge in [-0.3, -0.25) is 4.90 Å². The topological polar surface area (TPSA) is 16.1 Å². The van der Waals surface area contributed by atoms with Gasteiger partial charge in [-0.15, -0.1) is 22.9 Å². The first kappa shape index (κ1) is 16.5. The van der Waals surface area contributed by atoms with Crippen LogP contribution < -0.4 is 0 Å². The van der Waals surface area contributed by atoms with Gasteiger partial charge in [0.05, 0.1) is 11.6 Å². The first-order valence-corrected chi connectivity index (χ1v) is 8.86. The van der Waals surface area contributed by atoms with Crippen LogP contribution in [0.2, 0.25) is 0 Å². The molecule has 0 N–H and O–H groups in total. The molecular formula is C17H23ClN2S. The number of hydrogen-bond acceptors (Lipinski definition) is 3. The van der Waals surface area contributed by atoms with Crippen molar-refractivity contribution in [2.75, 3.05) is 13.1 Å². The summed E-state index contributed by atoms with van der Waals surface area (Å²) < 4.78 is 0. The van der Waals surface area contributed by atoms with Crippen molar-refractivity contribution < 1.29 is 0 Å². The molecule has 2 rings (SSSR count). The Kier molecular flexibility index (Phi) is 6.22. The van der Waals surface area contributed by atoms with E-state index in [1.165, 1.54) is 11.1 Å². The Hall–Kier alpha value is -0.900. The third kappa shape index (κ3) is 4.53. The Morgan fingerprint density at radius 1 is 1.29 bits per heavy atom. The lowest BCUT2D eigenvalue weighted by molar-refractivity contribution is 0.248. The van der Waals surface area contributed by atoms with Gasteiger partial charge in [0, 0.05) is 24.0 Å². The number of thiazole rings is 1. The minimum atomic E-state index is 0.479. The molecule has 0 saturated heterocycles. The molecule has 4 heteroatoms. The number of hydrogen-bond donors (Lipinski definition) is 0. The summed E-state index contributed by atoms with van der Waals surface area (Å²) >= 11 is 7.54. The van der Waals surface area contributed by atoms with Crippen molar-refractivity contribution in [1.82, 2.24) is 9.88 Å². The maximum absolute atomic E-state index is 5.87. The van der Waals surface area contributed by atoms with Crippen LogP contribution in [0.4, 0.5) is 0 Å². The Morgan fingerprint density at radius 2 is 2.05 bits per heavy atom. The second kappa shape index (κ2) is 7.92. The maximum atomic E-state index is 5.87. The van der Waals surface area contributed by atoms with Crippen molar-refractivity contribution >= 4 is 22.9 Å². The van der Waals surface area contributed by atoms with E-state index in [1.54, 1.807) is 11.3 Å². The quantitative estimate of drug-likeness (QED) is 0.665. The zero-order valence-corrected chi connectivity index (χ0v) is 14.5. The molecule has 1 aromatic carbocycles. The Labute approximate surface area is 136 Å². The van der Waals surface area contributed by atoms with Crippen molar-refractivity contribution in [3.8, 4) is 10.6 Å². The van der Waals surface area contributed by atoms with Crippen LogP contribution in [0, 0.1) is 5.92 Å². The minimum Gasteiger partial charge on any atom is -0.299 e. The number of rotatable bonds is 7. The van der Waals surface area contributed by atoms with Gasteiger partial charge in [0.2, 0.25) is 0 Å². The second-order valence-electron chi connectivity index (χ2n) is 5.66. The minimum absolute atomic E-state index is 0.479. The summed E-state index contributed by atoms with van der Waals surface area (Å²) in [7, 11) is 0. The number of benzene rings is 1. The molecule has 2 nitrogen and oxygen atoms in total. The first-order valence-electron chi connectivity index (χ1n) is 7.45. The van der Waals surface area contributed by atoms with Crippen LogP contribution in [0.25, 0.3) is 10.6 Å². The monoisotopic (exact) mass is 322 g/mol. The smallest absolute Gasteiger partial charge is 0.123 e. The molecule has 0 atom stereocenters. The molecule has 0 aliphatic carbocycles. The van der Waals surface area contributed by atoms with E-state index < -0.39 is 0 Å². The van der Waals surface area contributed by atoms with E-state index in [4.69, 9.17) is 11.6 Å². The van der Waals surface area contributed by atoms with Crippen molar-refractivity contribution in [3.05, 3.63) is 40.9 Å². The molecule has 0 saturated carbocycles. The lowest BCUT2D eigenvalue weighted by Crippen LogP contribution is -2.27. The Bertz CT molecular complexity index is 565. The predicted molar refractivity (Wildman–Crippen MR) is 92.9 cm³/mol. The summed E-state index contributed by atoms with van der Waals surface area (Å²) in [4.78, 5) is 7.11. The maximum Gasteiger partial charge on any atom is 0.123 e. The van der Waals surface area contributed by atoms with E-state index >= 15 is 0 Å². The fourth-order valence-electron chi connectivity index (χ4n) is 2.42. The largest absolute Gasteiger partial charge is 0.299 e. The van der Waals surface area contributed by atoms with Crippen molar-refractivity contribution in [2.24, 2.45) is 5.92 Å². The molecule has 0 spiro atoms. The van der Waals surface area contributed by atoms with Crippen LogP contribution in [0.15, 0.2) is 29.6 Å². The van der Waals surface area contributed by atoms with Gasteiger partial charge in [-0.2, -0.15) is 0 Å². The normalized spacial score (nSPS) is 11.5. The molecular weight excluding hydrogens is 300 g/mol. The molecule has 0 unspecified atom stereocenters. The van der Waals surface area contributed by atoms with Gasteiger partial charge in [-0.25, -0.2) is 4.98 Å². The van der Waals surface area contributed by atoms with Gasteiger partial charge in [0.1, 0.15) is 5.01 Å². The molecule has 0 radical (unpaired) electrons. The summed E-state index contributed by atoms with van der Waals surface area (Å²) in [6, 6.07) is 8.56. The summed E-state index contributed by atoms with van der Waals surface area (Å²) in [5.41, 5.74) is 3.54. The Morgan fingerprint density at radius 3 is 2.67 bits per heavy atom. The average Bonchev–Trinajstić information content (AvgIpc) is 2.95. The molecule has 1 heterocycles. The van der Waals surface area contributed by atoms with E-state index in [0.29, 0.717) is 11.8 Å². The Balaban J connectivity index is 2.23. The highest BCUT2D eigenvalue weighted by Gasteiger charge is 2.12. The molecule has 2 aromatic rings. The van der Waals surface area contributed by atoms with Crippen molar-refractivity contribution in [1.29, 1.82) is 0 Å². The van der Waals surface area contributed by atoms with Crippen LogP contribution in [-0.4, -0.2) is 23.0 Å². The highest BCUT2D eigenvalue weighted by atomic mass is 35.5.